The molecular weight excluding hydrogens is 349 g/mol. The molecular formula is C12H20INO4. The Morgan fingerprint density at radius 1 is 1.06 bits per heavy atom. The second-order valence-electron chi connectivity index (χ2n) is 6.68. The molecule has 5 nitrogen and oxygen atoms in total. The van der Waals surface area contributed by atoms with Crippen LogP contribution in [0.1, 0.15) is 40.5 Å². The SMILES string of the molecule is CC1(C)O[C@@H]2[C@H](O1)[C@@]1(C)CC(O)(NI)C[C@]2(C)O1. The standard InChI is InChI=1S/C12H20INO4/c1-9(2)16-7-8(17-9)11(4)6-12(15,14-13)5-10(7,3)18-11/h7-8,14-15H,5-6H2,1-4H3/t7-,8+,10+,11-,12?. The molecule has 2 bridgehead atoms. The van der Waals surface area contributed by atoms with Crippen LogP contribution >= 0.6 is 22.9 Å². The van der Waals surface area contributed by atoms with Gasteiger partial charge in [-0.1, -0.05) is 0 Å². The van der Waals surface area contributed by atoms with Crippen LogP contribution in [0, 0.1) is 0 Å². The van der Waals surface area contributed by atoms with Gasteiger partial charge in [0.05, 0.1) is 11.2 Å². The van der Waals surface area contributed by atoms with E-state index in [1.165, 1.54) is 0 Å². The first-order valence-corrected chi connectivity index (χ1v) is 7.35. The van der Waals surface area contributed by atoms with Gasteiger partial charge >= 0.3 is 0 Å². The molecule has 3 aliphatic heterocycles. The van der Waals surface area contributed by atoms with E-state index in [2.05, 4.69) is 3.53 Å². The molecule has 0 amide bonds. The molecule has 104 valence electrons. The topological polar surface area (TPSA) is 60.0 Å². The Morgan fingerprint density at radius 3 is 1.89 bits per heavy atom. The van der Waals surface area contributed by atoms with Crippen molar-refractivity contribution in [2.24, 2.45) is 0 Å². The van der Waals surface area contributed by atoms with E-state index in [9.17, 15) is 5.11 Å². The fraction of sp³-hybridized carbons (Fsp3) is 1.00. The minimum atomic E-state index is -0.927. The highest BCUT2D eigenvalue weighted by molar-refractivity contribution is 14.1. The van der Waals surface area contributed by atoms with E-state index in [0.717, 1.165) is 0 Å². The average Bonchev–Trinajstić information content (AvgIpc) is 2.60. The predicted molar refractivity (Wildman–Crippen MR) is 73.1 cm³/mol. The number of hydrogen-bond donors (Lipinski definition) is 2. The Labute approximate surface area is 121 Å². The van der Waals surface area contributed by atoms with Crippen molar-refractivity contribution in [1.82, 2.24) is 3.53 Å². The second-order valence-corrected chi connectivity index (χ2v) is 7.22. The zero-order valence-corrected chi connectivity index (χ0v) is 13.3. The summed E-state index contributed by atoms with van der Waals surface area (Å²) in [5.74, 6) is -0.575. The monoisotopic (exact) mass is 369 g/mol. The first-order valence-electron chi connectivity index (χ1n) is 6.28. The van der Waals surface area contributed by atoms with E-state index in [0.29, 0.717) is 12.8 Å². The zero-order chi connectivity index (χ0) is 13.4. The molecule has 3 rings (SSSR count). The lowest BCUT2D eigenvalue weighted by atomic mass is 9.87. The summed E-state index contributed by atoms with van der Waals surface area (Å²) < 4.78 is 21.2. The van der Waals surface area contributed by atoms with Gasteiger partial charge in [-0.15, -0.1) is 0 Å². The van der Waals surface area contributed by atoms with E-state index >= 15 is 0 Å². The molecule has 0 saturated carbocycles. The quantitative estimate of drug-likeness (QED) is 0.417. The number of rotatable bonds is 1. The van der Waals surface area contributed by atoms with Gasteiger partial charge in [-0.3, -0.25) is 0 Å². The lowest BCUT2D eigenvalue weighted by Gasteiger charge is -2.47. The summed E-state index contributed by atoms with van der Waals surface area (Å²) in [5.41, 5.74) is -1.96. The van der Waals surface area contributed by atoms with Gasteiger partial charge in [-0.2, -0.15) is 0 Å². The van der Waals surface area contributed by atoms with E-state index in [1.807, 2.05) is 50.6 Å². The third-order valence-electron chi connectivity index (χ3n) is 4.23. The Bertz CT molecular complexity index is 362. The molecule has 3 saturated heterocycles. The van der Waals surface area contributed by atoms with Gasteiger partial charge in [0.25, 0.3) is 0 Å². The average molecular weight is 369 g/mol. The Hall–Kier alpha value is 0.530. The maximum Gasteiger partial charge on any atom is 0.164 e. The Morgan fingerprint density at radius 2 is 1.50 bits per heavy atom. The molecule has 3 aliphatic rings. The molecule has 0 aromatic heterocycles. The minimum Gasteiger partial charge on any atom is -0.375 e. The molecule has 6 heteroatoms. The molecule has 0 aromatic carbocycles. The lowest BCUT2D eigenvalue weighted by molar-refractivity contribution is -0.268. The zero-order valence-electron chi connectivity index (χ0n) is 11.1. The van der Waals surface area contributed by atoms with Crippen LogP contribution < -0.4 is 3.53 Å². The molecule has 5 atom stereocenters. The van der Waals surface area contributed by atoms with Gasteiger partial charge < -0.3 is 19.3 Å². The van der Waals surface area contributed by atoms with Crippen molar-refractivity contribution in [3.8, 4) is 0 Å². The van der Waals surface area contributed by atoms with Crippen LogP contribution in [-0.4, -0.2) is 40.0 Å². The summed E-state index contributed by atoms with van der Waals surface area (Å²) in [6, 6.07) is 0. The number of nitrogens with one attached hydrogen (secondary N) is 1. The second kappa shape index (κ2) is 3.59. The first kappa shape index (κ1) is 13.5. The van der Waals surface area contributed by atoms with Crippen molar-refractivity contribution in [2.45, 2.75) is 75.5 Å². The number of ether oxygens (including phenoxy) is 3. The summed E-state index contributed by atoms with van der Waals surface area (Å²) >= 11 is 2.00. The van der Waals surface area contributed by atoms with Gasteiger partial charge in [0.15, 0.2) is 5.79 Å². The van der Waals surface area contributed by atoms with E-state index in [-0.39, 0.29) is 12.2 Å². The normalized spacial score (nSPS) is 57.7. The Balaban J connectivity index is 1.99. The third-order valence-corrected chi connectivity index (χ3v) is 5.23. The Kier molecular flexibility index (Phi) is 2.69. The fourth-order valence-electron chi connectivity index (χ4n) is 3.87. The fourth-order valence-corrected chi connectivity index (χ4v) is 4.25. The van der Waals surface area contributed by atoms with E-state index in [1.54, 1.807) is 0 Å². The molecule has 18 heavy (non-hydrogen) atoms. The van der Waals surface area contributed by atoms with Crippen LogP contribution in [0.25, 0.3) is 0 Å². The van der Waals surface area contributed by atoms with Crippen LogP contribution in [0.3, 0.4) is 0 Å². The van der Waals surface area contributed by atoms with Crippen molar-refractivity contribution >= 4 is 22.9 Å². The van der Waals surface area contributed by atoms with Crippen molar-refractivity contribution in [1.29, 1.82) is 0 Å². The third kappa shape index (κ3) is 1.76. The number of fused-ring (bicyclic) bond motifs is 5. The van der Waals surface area contributed by atoms with Crippen molar-refractivity contribution in [3.05, 3.63) is 0 Å². The van der Waals surface area contributed by atoms with Gasteiger partial charge in [-0.25, -0.2) is 3.53 Å². The summed E-state index contributed by atoms with van der Waals surface area (Å²) in [7, 11) is 0. The maximum absolute atomic E-state index is 10.6. The maximum atomic E-state index is 10.6. The number of aliphatic hydroxyl groups is 1. The summed E-state index contributed by atoms with van der Waals surface area (Å²) in [6.07, 6.45) is 0.741. The van der Waals surface area contributed by atoms with Gasteiger partial charge in [0.1, 0.15) is 17.9 Å². The molecule has 0 aromatic rings. The summed E-state index contributed by atoms with van der Waals surface area (Å²) in [6.45, 7) is 7.85. The van der Waals surface area contributed by atoms with Crippen LogP contribution in [0.15, 0.2) is 0 Å². The van der Waals surface area contributed by atoms with Crippen molar-refractivity contribution in [2.75, 3.05) is 0 Å². The molecule has 3 fully saturated rings. The number of hydrogen-bond acceptors (Lipinski definition) is 5. The molecule has 2 N–H and O–H groups in total. The van der Waals surface area contributed by atoms with Gasteiger partial charge in [0, 0.05) is 35.7 Å². The van der Waals surface area contributed by atoms with Crippen molar-refractivity contribution in [3.63, 3.8) is 0 Å². The van der Waals surface area contributed by atoms with E-state index < -0.39 is 22.7 Å². The molecule has 1 unspecified atom stereocenters. The highest BCUT2D eigenvalue weighted by Gasteiger charge is 2.71. The molecule has 3 heterocycles. The van der Waals surface area contributed by atoms with Crippen LogP contribution in [0.5, 0.6) is 0 Å². The molecule has 0 radical (unpaired) electrons. The highest BCUT2D eigenvalue weighted by Crippen LogP contribution is 2.57. The van der Waals surface area contributed by atoms with Gasteiger partial charge in [0.2, 0.25) is 0 Å². The summed E-state index contributed by atoms with van der Waals surface area (Å²) in [5, 5.41) is 10.6. The molecule has 0 aliphatic carbocycles. The highest BCUT2D eigenvalue weighted by atomic mass is 127. The molecule has 0 spiro atoms. The lowest BCUT2D eigenvalue weighted by Crippen LogP contribution is -2.58. The van der Waals surface area contributed by atoms with Crippen LogP contribution in [0.2, 0.25) is 0 Å². The smallest absolute Gasteiger partial charge is 0.164 e. The van der Waals surface area contributed by atoms with Crippen molar-refractivity contribution < 1.29 is 19.3 Å². The van der Waals surface area contributed by atoms with Crippen LogP contribution in [-0.2, 0) is 14.2 Å². The van der Waals surface area contributed by atoms with Crippen LogP contribution in [0.4, 0.5) is 0 Å². The minimum absolute atomic E-state index is 0.128. The largest absolute Gasteiger partial charge is 0.375 e. The predicted octanol–water partition coefficient (Wildman–Crippen LogP) is 1.48. The van der Waals surface area contributed by atoms with E-state index in [4.69, 9.17) is 14.2 Å². The van der Waals surface area contributed by atoms with Gasteiger partial charge in [-0.05, 0) is 27.7 Å². The summed E-state index contributed by atoms with van der Waals surface area (Å²) in [4.78, 5) is 0. The number of halogens is 1. The first-order chi connectivity index (χ1) is 8.12.